The van der Waals surface area contributed by atoms with Crippen LogP contribution in [0.5, 0.6) is 17.2 Å². The molecule has 5 aromatic carbocycles. The van der Waals surface area contributed by atoms with Gasteiger partial charge in [0.25, 0.3) is 0 Å². The maximum absolute atomic E-state index is 13.6. The van der Waals surface area contributed by atoms with Crippen LogP contribution in [0.1, 0.15) is 107 Å². The molecular formula is C62H73ClN8O13. The second kappa shape index (κ2) is 25.9. The molecule has 0 saturated carbocycles. The van der Waals surface area contributed by atoms with Crippen molar-refractivity contribution in [2.75, 3.05) is 87.9 Å². The number of hydrogen-bond acceptors (Lipinski definition) is 19. The van der Waals surface area contributed by atoms with E-state index in [-0.39, 0.29) is 58.6 Å². The fourth-order valence-corrected chi connectivity index (χ4v) is 12.0. The summed E-state index contributed by atoms with van der Waals surface area (Å²) in [5, 5.41) is 65.4. The standard InChI is InChI=1S/C35H43N7O2.C27H29NO11.ClH/c1-40(2)28-11-7-25(8-12-28)38-35-29-13-9-26(36-33(43)15-21-41-17-3-4-18-41)23-31(29)39-32-24-27(10-14-30(32)35)37-34(44)16-22-42-19-5-6-20-42;1-10-22(31)13(28)6-17(38-10)39-15-8-27(36,16(30)9-29)7-12-19(15)26(35)21-20(24(12)33)23(32)11-4-3-5-14(37-2)18(11)25(21)34;/h7-14,23-24H,3-6,15-22H2,1-2H3,(H,36,43)(H,37,44)(H,38,39);3-5,10,13,15,17,22,29,31,33,35-36H,6-9,28H2,1-2H3;1H. The number of phenols is 2. The van der Waals surface area contributed by atoms with E-state index in [2.05, 4.69) is 54.9 Å². The first kappa shape index (κ1) is 61.3. The van der Waals surface area contributed by atoms with Crippen LogP contribution in [0, 0.1) is 0 Å². The quantitative estimate of drug-likeness (QED) is 0.0370. The fourth-order valence-electron chi connectivity index (χ4n) is 12.0. The van der Waals surface area contributed by atoms with Gasteiger partial charge < -0.3 is 76.1 Å². The first-order valence-electron chi connectivity index (χ1n) is 28.3. The van der Waals surface area contributed by atoms with Gasteiger partial charge in [-0.3, -0.25) is 24.0 Å². The van der Waals surface area contributed by atoms with Crippen molar-refractivity contribution in [3.8, 4) is 17.2 Å². The van der Waals surface area contributed by atoms with E-state index in [1.165, 1.54) is 51.0 Å². The largest absolute Gasteiger partial charge is 0.507 e. The molecule has 1 aromatic heterocycles. The van der Waals surface area contributed by atoms with Gasteiger partial charge in [0, 0.05) is 116 Å². The molecule has 2 aliphatic carbocycles. The van der Waals surface area contributed by atoms with Gasteiger partial charge in [-0.15, -0.1) is 12.4 Å². The second-order valence-corrected chi connectivity index (χ2v) is 22.4. The lowest BCUT2D eigenvalue weighted by atomic mass is 9.72. The normalized spacial score (nSPS) is 22.0. The van der Waals surface area contributed by atoms with Crippen molar-refractivity contribution < 1.29 is 63.7 Å². The molecule has 6 atom stereocenters. The van der Waals surface area contributed by atoms with Crippen molar-refractivity contribution in [2.45, 2.75) is 101 Å². The highest BCUT2D eigenvalue weighted by Gasteiger charge is 2.50. The smallest absolute Gasteiger partial charge is 0.225 e. The van der Waals surface area contributed by atoms with Gasteiger partial charge in [-0.05, 0) is 126 Å². The number of carbonyl (C=O) groups is 5. The number of methoxy groups -OCH3 is 1. The Kier molecular flexibility index (Phi) is 18.9. The summed E-state index contributed by atoms with van der Waals surface area (Å²) in [5.74, 6) is -3.76. The Labute approximate surface area is 492 Å². The molecule has 22 heteroatoms. The van der Waals surface area contributed by atoms with E-state index in [1.54, 1.807) is 6.92 Å². The number of nitrogens with two attached hydrogens (primary N) is 1. The average Bonchev–Trinajstić information content (AvgIpc) is 0.929. The third-order valence-electron chi connectivity index (χ3n) is 16.5. The number of ether oxygens (including phenoxy) is 3. The van der Waals surface area contributed by atoms with Crippen molar-refractivity contribution >= 4 is 91.8 Å². The number of aliphatic hydroxyl groups is 3. The zero-order valence-corrected chi connectivity index (χ0v) is 48.3. The number of likely N-dealkylation sites (tertiary alicyclic amines) is 2. The zero-order valence-electron chi connectivity index (χ0n) is 47.5. The van der Waals surface area contributed by atoms with Crippen LogP contribution in [-0.4, -0.2) is 167 Å². The van der Waals surface area contributed by atoms with E-state index < -0.39 is 95.7 Å². The average molecular weight is 1170 g/mol. The van der Waals surface area contributed by atoms with Crippen LogP contribution in [0.15, 0.2) is 78.9 Å². The molecule has 0 spiro atoms. The molecule has 10 N–H and O–H groups in total. The number of hydrogen-bond donors (Lipinski definition) is 9. The van der Waals surface area contributed by atoms with Crippen molar-refractivity contribution in [3.05, 3.63) is 112 Å². The molecule has 4 heterocycles. The summed E-state index contributed by atoms with van der Waals surface area (Å²) in [6.45, 7) is 6.45. The molecule has 0 radical (unpaired) electrons. The van der Waals surface area contributed by atoms with E-state index >= 15 is 0 Å². The molecule has 6 aromatic rings. The minimum Gasteiger partial charge on any atom is -0.507 e. The molecule has 3 saturated heterocycles. The monoisotopic (exact) mass is 1170 g/mol. The van der Waals surface area contributed by atoms with E-state index in [0.717, 1.165) is 89.5 Å². The molecular weight excluding hydrogens is 1100 g/mol. The number of aliphatic hydroxyl groups excluding tert-OH is 2. The number of halogens is 1. The first-order valence-corrected chi connectivity index (χ1v) is 28.3. The van der Waals surface area contributed by atoms with Gasteiger partial charge in [-0.2, -0.15) is 0 Å². The number of anilines is 5. The number of ketones is 3. The molecule has 84 heavy (non-hydrogen) atoms. The molecule has 0 bridgehead atoms. The molecule has 3 aliphatic heterocycles. The van der Waals surface area contributed by atoms with Gasteiger partial charge in [0.1, 0.15) is 29.5 Å². The molecule has 2 amide bonds. The first-order chi connectivity index (χ1) is 39.8. The molecule has 21 nitrogen and oxygen atoms in total. The lowest BCUT2D eigenvalue weighted by Gasteiger charge is -2.42. The molecule has 446 valence electrons. The summed E-state index contributed by atoms with van der Waals surface area (Å²) < 4.78 is 17.0. The van der Waals surface area contributed by atoms with Crippen molar-refractivity contribution in [1.29, 1.82) is 0 Å². The molecule has 6 unspecified atom stereocenters. The Morgan fingerprint density at radius 1 is 0.798 bits per heavy atom. The Hall–Kier alpha value is -7.31. The topological polar surface area (TPSA) is 299 Å². The summed E-state index contributed by atoms with van der Waals surface area (Å²) in [7, 11) is 5.37. The van der Waals surface area contributed by atoms with Crippen LogP contribution in [-0.2, 0) is 30.3 Å². The van der Waals surface area contributed by atoms with Gasteiger partial charge >= 0.3 is 0 Å². The Morgan fingerprint density at radius 2 is 1.36 bits per heavy atom. The zero-order chi connectivity index (χ0) is 58.9. The summed E-state index contributed by atoms with van der Waals surface area (Å²) in [4.78, 5) is 77.0. The predicted octanol–water partition coefficient (Wildman–Crippen LogP) is 6.47. The summed E-state index contributed by atoms with van der Waals surface area (Å²) >= 11 is 0. The van der Waals surface area contributed by atoms with Crippen LogP contribution in [0.3, 0.4) is 0 Å². The van der Waals surface area contributed by atoms with Crippen molar-refractivity contribution in [3.63, 3.8) is 0 Å². The number of rotatable bonds is 16. The molecule has 3 fully saturated rings. The van der Waals surface area contributed by atoms with Crippen LogP contribution >= 0.6 is 12.4 Å². The lowest BCUT2D eigenvalue weighted by Crippen LogP contribution is -2.53. The predicted molar refractivity (Wildman–Crippen MR) is 320 cm³/mol. The van der Waals surface area contributed by atoms with Gasteiger partial charge in [0.15, 0.2) is 17.9 Å². The summed E-state index contributed by atoms with van der Waals surface area (Å²) in [6.07, 6.45) is 0.679. The number of fused-ring (bicyclic) bond motifs is 5. The lowest BCUT2D eigenvalue weighted by molar-refractivity contribution is -0.247. The Balaban J connectivity index is 0.000000201. The number of aromatic hydroxyl groups is 2. The number of aromatic nitrogens is 1. The van der Waals surface area contributed by atoms with E-state index in [4.69, 9.17) is 24.9 Å². The van der Waals surface area contributed by atoms with E-state index in [0.29, 0.717) is 12.8 Å². The maximum atomic E-state index is 13.6. The number of carbonyl (C=O) groups excluding carboxylic acids is 5. The molecule has 11 rings (SSSR count). The number of Topliss-reactive ketones (excluding diaryl/α,β-unsaturated/α-hetero) is 1. The third kappa shape index (κ3) is 12.7. The number of pyridine rings is 1. The number of nitrogens with one attached hydrogen (secondary N) is 3. The highest BCUT2D eigenvalue weighted by molar-refractivity contribution is 6.31. The Morgan fingerprint density at radius 3 is 1.89 bits per heavy atom. The van der Waals surface area contributed by atoms with Crippen LogP contribution in [0.25, 0.3) is 21.8 Å². The van der Waals surface area contributed by atoms with Gasteiger partial charge in [0.05, 0.1) is 58.8 Å². The number of nitrogens with zero attached hydrogens (tertiary/aromatic N) is 4. The van der Waals surface area contributed by atoms with Gasteiger partial charge in [-0.1, -0.05) is 12.1 Å². The molecule has 5 aliphatic rings. The van der Waals surface area contributed by atoms with Crippen LogP contribution in [0.2, 0.25) is 0 Å². The maximum Gasteiger partial charge on any atom is 0.225 e. The third-order valence-corrected chi connectivity index (χ3v) is 16.5. The van der Waals surface area contributed by atoms with Gasteiger partial charge in [0.2, 0.25) is 17.6 Å². The summed E-state index contributed by atoms with van der Waals surface area (Å²) in [6, 6.07) is 23.7. The highest BCUT2D eigenvalue weighted by Crippen LogP contribution is 2.53. The van der Waals surface area contributed by atoms with E-state index in [1.807, 2.05) is 50.5 Å². The Bertz CT molecular complexity index is 3380. The minimum atomic E-state index is -2.24. The number of benzene rings is 5. The van der Waals surface area contributed by atoms with Crippen molar-refractivity contribution in [1.82, 2.24) is 14.8 Å². The van der Waals surface area contributed by atoms with Crippen LogP contribution in [0.4, 0.5) is 28.4 Å². The fraction of sp³-hybridized carbons (Fsp3) is 0.419. The minimum absolute atomic E-state index is 0. The second-order valence-electron chi connectivity index (χ2n) is 22.4. The highest BCUT2D eigenvalue weighted by atomic mass is 35.5. The van der Waals surface area contributed by atoms with Gasteiger partial charge in [-0.25, -0.2) is 4.98 Å². The van der Waals surface area contributed by atoms with Crippen molar-refractivity contribution in [2.24, 2.45) is 5.73 Å². The van der Waals surface area contributed by atoms with Crippen LogP contribution < -0.4 is 31.3 Å². The number of amides is 2. The number of phenolic OH excluding ortho intramolecular Hbond substituents is 2. The SMILES string of the molecule is CN(C)c1ccc(Nc2c3ccc(NC(=O)CCN4CCCC4)cc3nc3cc(NC(=O)CCN4CCCC4)ccc23)cc1.COc1cccc2c1C(=O)c1c(O)c3c(c(O)c1C2=O)CC(O)(C(=O)CO)CC3OC1CC(N)C(O)C(C)O1.Cl. The summed E-state index contributed by atoms with van der Waals surface area (Å²) in [5.41, 5.74) is 8.37. The van der Waals surface area contributed by atoms with E-state index in [9.17, 15) is 49.5 Å².